The Morgan fingerprint density at radius 1 is 1.33 bits per heavy atom. The largest absolute Gasteiger partial charge is 0.352 e. The van der Waals surface area contributed by atoms with Crippen molar-refractivity contribution in [3.63, 3.8) is 0 Å². The smallest absolute Gasteiger partial charge is 0.254 e. The third-order valence-corrected chi connectivity index (χ3v) is 4.56. The summed E-state index contributed by atoms with van der Waals surface area (Å²) < 4.78 is 0. The van der Waals surface area contributed by atoms with Crippen molar-refractivity contribution in [1.82, 2.24) is 15.2 Å². The molecule has 2 fully saturated rings. The summed E-state index contributed by atoms with van der Waals surface area (Å²) in [6.45, 7) is 2.20. The van der Waals surface area contributed by atoms with Gasteiger partial charge in [-0.05, 0) is 44.4 Å². The van der Waals surface area contributed by atoms with Crippen LogP contribution in [0.1, 0.15) is 36.0 Å². The van der Waals surface area contributed by atoms with Gasteiger partial charge in [0.15, 0.2) is 0 Å². The summed E-state index contributed by atoms with van der Waals surface area (Å²) in [5.74, 6) is 1.01. The van der Waals surface area contributed by atoms with Crippen LogP contribution in [0.15, 0.2) is 18.3 Å². The molecule has 2 saturated heterocycles. The number of anilines is 1. The van der Waals surface area contributed by atoms with Crippen LogP contribution in [0.2, 0.25) is 0 Å². The average molecular weight is 288 g/mol. The quantitative estimate of drug-likeness (QED) is 0.916. The van der Waals surface area contributed by atoms with Crippen LogP contribution in [0.4, 0.5) is 5.82 Å². The first-order chi connectivity index (χ1) is 10.2. The maximum absolute atomic E-state index is 11.9. The van der Waals surface area contributed by atoms with E-state index in [1.807, 2.05) is 12.1 Å². The Morgan fingerprint density at radius 2 is 2.19 bits per heavy atom. The summed E-state index contributed by atoms with van der Waals surface area (Å²) in [5, 5.41) is 3.61. The van der Waals surface area contributed by atoms with Crippen LogP contribution in [0, 0.1) is 0 Å². The molecule has 3 rings (SSSR count). The van der Waals surface area contributed by atoms with Gasteiger partial charge >= 0.3 is 0 Å². The third kappa shape index (κ3) is 2.88. The first kappa shape index (κ1) is 14.3. The zero-order valence-electron chi connectivity index (χ0n) is 12.9. The van der Waals surface area contributed by atoms with Crippen molar-refractivity contribution in [3.8, 4) is 0 Å². The number of carbonyl (C=O) groups is 1. The number of nitrogens with one attached hydrogen (secondary N) is 1. The molecule has 2 unspecified atom stereocenters. The van der Waals surface area contributed by atoms with Gasteiger partial charge in [0.1, 0.15) is 5.82 Å². The van der Waals surface area contributed by atoms with Gasteiger partial charge in [-0.25, -0.2) is 4.98 Å². The van der Waals surface area contributed by atoms with Crippen molar-refractivity contribution < 1.29 is 4.79 Å². The molecule has 114 valence electrons. The molecule has 21 heavy (non-hydrogen) atoms. The molecule has 2 aliphatic heterocycles. The van der Waals surface area contributed by atoms with Crippen LogP contribution < -0.4 is 10.2 Å². The number of aromatic nitrogens is 1. The molecule has 0 bridgehead atoms. The molecule has 1 amide bonds. The van der Waals surface area contributed by atoms with E-state index in [-0.39, 0.29) is 5.91 Å². The second-order valence-electron chi connectivity index (χ2n) is 6.21. The van der Waals surface area contributed by atoms with Gasteiger partial charge in [0, 0.05) is 38.9 Å². The topological polar surface area (TPSA) is 48.5 Å². The number of hydrogen-bond acceptors (Lipinski definition) is 4. The maximum Gasteiger partial charge on any atom is 0.254 e. The predicted octanol–water partition coefficient (Wildman–Crippen LogP) is 1.50. The third-order valence-electron chi connectivity index (χ3n) is 4.56. The van der Waals surface area contributed by atoms with Crippen molar-refractivity contribution in [2.45, 2.75) is 37.8 Å². The molecule has 2 aliphatic rings. The van der Waals surface area contributed by atoms with Crippen molar-refractivity contribution in [1.29, 1.82) is 0 Å². The second kappa shape index (κ2) is 6.02. The minimum Gasteiger partial charge on any atom is -0.352 e. The minimum absolute atomic E-state index is 0.00415. The van der Waals surface area contributed by atoms with Crippen molar-refractivity contribution >= 4 is 11.7 Å². The van der Waals surface area contributed by atoms with E-state index in [9.17, 15) is 4.79 Å². The highest BCUT2D eigenvalue weighted by molar-refractivity contribution is 5.93. The fraction of sp³-hybridized carbons (Fsp3) is 0.625. The Bertz CT molecular complexity index is 494. The lowest BCUT2D eigenvalue weighted by atomic mass is 10.0. The average Bonchev–Trinajstić information content (AvgIpc) is 3.17. The highest BCUT2D eigenvalue weighted by atomic mass is 16.2. The molecule has 0 spiro atoms. The van der Waals surface area contributed by atoms with Crippen LogP contribution in [0.5, 0.6) is 0 Å². The first-order valence-electron chi connectivity index (χ1n) is 7.84. The predicted molar refractivity (Wildman–Crippen MR) is 83.6 cm³/mol. The molecule has 0 radical (unpaired) electrons. The summed E-state index contributed by atoms with van der Waals surface area (Å²) in [6, 6.07) is 5.03. The molecule has 1 N–H and O–H groups in total. The fourth-order valence-corrected chi connectivity index (χ4v) is 3.48. The van der Waals surface area contributed by atoms with E-state index < -0.39 is 0 Å². The molecule has 0 aliphatic carbocycles. The highest BCUT2D eigenvalue weighted by Gasteiger charge is 2.33. The Hall–Kier alpha value is -1.62. The Labute approximate surface area is 126 Å². The monoisotopic (exact) mass is 288 g/mol. The summed E-state index contributed by atoms with van der Waals surface area (Å²) in [6.07, 6.45) is 6.70. The van der Waals surface area contributed by atoms with Crippen LogP contribution in [-0.2, 0) is 0 Å². The van der Waals surface area contributed by atoms with E-state index in [4.69, 9.17) is 0 Å². The number of carbonyl (C=O) groups excluding carboxylic acids is 1. The number of hydrogen-bond donors (Lipinski definition) is 1. The zero-order chi connectivity index (χ0) is 14.8. The first-order valence-corrected chi connectivity index (χ1v) is 7.84. The Kier molecular flexibility index (Phi) is 4.10. The summed E-state index contributed by atoms with van der Waals surface area (Å²) >= 11 is 0. The molecule has 3 heterocycles. The van der Waals surface area contributed by atoms with Crippen LogP contribution >= 0.6 is 0 Å². The molecule has 1 aromatic heterocycles. The molecule has 0 saturated carbocycles. The normalized spacial score (nSPS) is 25.3. The van der Waals surface area contributed by atoms with E-state index in [0.717, 1.165) is 18.9 Å². The summed E-state index contributed by atoms with van der Waals surface area (Å²) in [5.41, 5.74) is 0.651. The minimum atomic E-state index is 0.00415. The number of pyridine rings is 1. The SMILES string of the molecule is CN(C)C(=O)c1ccc(N2CCCC2C2CCCN2)nc1. The Balaban J connectivity index is 1.75. The number of amides is 1. The lowest BCUT2D eigenvalue weighted by molar-refractivity contribution is 0.0827. The fourth-order valence-electron chi connectivity index (χ4n) is 3.48. The van der Waals surface area contributed by atoms with E-state index in [2.05, 4.69) is 15.2 Å². The van der Waals surface area contributed by atoms with Gasteiger partial charge in [-0.3, -0.25) is 4.79 Å². The van der Waals surface area contributed by atoms with Gasteiger partial charge in [0.2, 0.25) is 0 Å². The van der Waals surface area contributed by atoms with Crippen LogP contribution in [0.3, 0.4) is 0 Å². The summed E-state index contributed by atoms with van der Waals surface area (Å²) in [7, 11) is 3.52. The highest BCUT2D eigenvalue weighted by Crippen LogP contribution is 2.28. The zero-order valence-corrected chi connectivity index (χ0v) is 12.9. The van der Waals surface area contributed by atoms with E-state index in [0.29, 0.717) is 17.6 Å². The van der Waals surface area contributed by atoms with E-state index in [1.54, 1.807) is 25.2 Å². The molecular weight excluding hydrogens is 264 g/mol. The number of rotatable bonds is 3. The van der Waals surface area contributed by atoms with Crippen molar-refractivity contribution in [3.05, 3.63) is 23.9 Å². The van der Waals surface area contributed by atoms with Gasteiger partial charge in [0.05, 0.1) is 5.56 Å². The van der Waals surface area contributed by atoms with Crippen molar-refractivity contribution in [2.24, 2.45) is 0 Å². The molecule has 0 aromatic carbocycles. The molecule has 1 aromatic rings. The van der Waals surface area contributed by atoms with Crippen LogP contribution in [0.25, 0.3) is 0 Å². The van der Waals surface area contributed by atoms with Gasteiger partial charge < -0.3 is 15.1 Å². The Morgan fingerprint density at radius 3 is 2.81 bits per heavy atom. The molecule has 5 nitrogen and oxygen atoms in total. The summed E-state index contributed by atoms with van der Waals surface area (Å²) in [4.78, 5) is 20.4. The van der Waals surface area contributed by atoms with Gasteiger partial charge in [-0.1, -0.05) is 0 Å². The lowest BCUT2D eigenvalue weighted by Crippen LogP contribution is -2.44. The van der Waals surface area contributed by atoms with Gasteiger partial charge in [0.25, 0.3) is 5.91 Å². The molecule has 2 atom stereocenters. The van der Waals surface area contributed by atoms with Gasteiger partial charge in [-0.2, -0.15) is 0 Å². The van der Waals surface area contributed by atoms with E-state index in [1.165, 1.54) is 25.7 Å². The van der Waals surface area contributed by atoms with Gasteiger partial charge in [-0.15, -0.1) is 0 Å². The van der Waals surface area contributed by atoms with E-state index >= 15 is 0 Å². The number of nitrogens with zero attached hydrogens (tertiary/aromatic N) is 3. The maximum atomic E-state index is 11.9. The van der Waals surface area contributed by atoms with Crippen LogP contribution in [-0.4, -0.2) is 55.1 Å². The molecule has 5 heteroatoms. The van der Waals surface area contributed by atoms with Crippen molar-refractivity contribution in [2.75, 3.05) is 32.1 Å². The standard InChI is InChI=1S/C16H24N4O/c1-19(2)16(21)12-7-8-15(18-11-12)20-10-4-6-14(20)13-5-3-9-17-13/h7-8,11,13-14,17H,3-6,9-10H2,1-2H3. The lowest BCUT2D eigenvalue weighted by Gasteiger charge is -2.30. The second-order valence-corrected chi connectivity index (χ2v) is 6.21. The molecular formula is C16H24N4O.